The first-order valence-electron chi connectivity index (χ1n) is 5.19. The Kier molecular flexibility index (Phi) is 4.06. The molecule has 0 bridgehead atoms. The number of nitrogens with zero attached hydrogens (tertiary/aromatic N) is 1. The van der Waals surface area contributed by atoms with Crippen LogP contribution in [-0.4, -0.2) is 31.6 Å². The first-order chi connectivity index (χ1) is 7.83. The molecule has 1 fully saturated rings. The van der Waals surface area contributed by atoms with Crippen LogP contribution in [0, 0.1) is 0 Å². The van der Waals surface area contributed by atoms with Crippen LogP contribution < -0.4 is 4.90 Å². The van der Waals surface area contributed by atoms with Crippen molar-refractivity contribution in [3.63, 3.8) is 0 Å². The molecule has 0 aromatic heterocycles. The minimum atomic E-state index is 0.342. The second kappa shape index (κ2) is 5.54. The van der Waals surface area contributed by atoms with E-state index in [0.717, 1.165) is 36.4 Å². The largest absolute Gasteiger partial charge is 0.380 e. The molecule has 1 aromatic carbocycles. The van der Waals surface area contributed by atoms with Crippen LogP contribution in [0.4, 0.5) is 5.69 Å². The van der Waals surface area contributed by atoms with Gasteiger partial charge in [0.05, 0.1) is 18.1 Å². The van der Waals surface area contributed by atoms with E-state index in [4.69, 9.17) is 9.99 Å². The molecule has 1 saturated heterocycles. The zero-order chi connectivity index (χ0) is 11.4. The Morgan fingerprint density at radius 1 is 1.38 bits per heavy atom. The normalized spacial score (nSPS) is 20.4. The summed E-state index contributed by atoms with van der Waals surface area (Å²) in [5, 5.41) is 8.30. The molecule has 1 atom stereocenters. The summed E-state index contributed by atoms with van der Waals surface area (Å²) < 4.78 is 9.34. The molecule has 1 aromatic rings. The Labute approximate surface area is 99.3 Å². The van der Waals surface area contributed by atoms with Crippen molar-refractivity contribution in [2.75, 3.05) is 25.1 Å². The van der Waals surface area contributed by atoms with Crippen LogP contribution in [0.15, 0.2) is 29.2 Å². The maximum absolute atomic E-state index is 8.30. The van der Waals surface area contributed by atoms with Crippen LogP contribution in [0.2, 0.25) is 0 Å². The Morgan fingerprint density at radius 2 is 2.12 bits per heavy atom. The molecule has 0 amide bonds. The molecule has 0 radical (unpaired) electrons. The van der Waals surface area contributed by atoms with Crippen LogP contribution in [0.1, 0.15) is 6.42 Å². The highest BCUT2D eigenvalue weighted by Gasteiger charge is 2.21. The molecule has 0 spiro atoms. The van der Waals surface area contributed by atoms with Gasteiger partial charge < -0.3 is 9.64 Å². The molecule has 5 heteroatoms. The summed E-state index contributed by atoms with van der Waals surface area (Å²) in [5.41, 5.74) is 1.18. The molecule has 0 aliphatic carbocycles. The molecular weight excluding hydrogens is 226 g/mol. The molecule has 1 N–H and O–H groups in total. The van der Waals surface area contributed by atoms with Gasteiger partial charge in [0.15, 0.2) is 0 Å². The van der Waals surface area contributed by atoms with Crippen molar-refractivity contribution in [2.24, 2.45) is 0 Å². The fraction of sp³-hybridized carbons (Fsp3) is 0.455. The number of anilines is 1. The zero-order valence-electron chi connectivity index (χ0n) is 9.13. The predicted octanol–water partition coefficient (Wildman–Crippen LogP) is 2.41. The number of hydrogen-bond acceptors (Lipinski definition) is 5. The second-order valence-electron chi connectivity index (χ2n) is 3.74. The SMILES string of the molecule is CO[C@H]1CCN(c2ccc(SOO)cc2)C1. The van der Waals surface area contributed by atoms with E-state index in [1.807, 2.05) is 24.3 Å². The van der Waals surface area contributed by atoms with Crippen LogP contribution in [-0.2, 0) is 9.07 Å². The van der Waals surface area contributed by atoms with Gasteiger partial charge >= 0.3 is 0 Å². The quantitative estimate of drug-likeness (QED) is 0.498. The highest BCUT2D eigenvalue weighted by Crippen LogP contribution is 2.25. The van der Waals surface area contributed by atoms with Gasteiger partial charge in [0.1, 0.15) is 0 Å². The van der Waals surface area contributed by atoms with Crippen LogP contribution >= 0.6 is 12.0 Å². The summed E-state index contributed by atoms with van der Waals surface area (Å²) in [7, 11) is 1.76. The molecule has 0 saturated carbocycles. The van der Waals surface area contributed by atoms with E-state index in [1.54, 1.807) is 7.11 Å². The average Bonchev–Trinajstić information content (AvgIpc) is 2.79. The van der Waals surface area contributed by atoms with Crippen molar-refractivity contribution in [1.29, 1.82) is 0 Å². The molecule has 2 rings (SSSR count). The Hall–Kier alpha value is -0.750. The lowest BCUT2D eigenvalue weighted by Crippen LogP contribution is -2.21. The van der Waals surface area contributed by atoms with E-state index >= 15 is 0 Å². The lowest BCUT2D eigenvalue weighted by molar-refractivity contribution is -0.116. The summed E-state index contributed by atoms with van der Waals surface area (Å²) in [4.78, 5) is 3.18. The average molecular weight is 241 g/mol. The predicted molar refractivity (Wildman–Crippen MR) is 63.6 cm³/mol. The van der Waals surface area contributed by atoms with Crippen LogP contribution in [0.25, 0.3) is 0 Å². The van der Waals surface area contributed by atoms with E-state index in [2.05, 4.69) is 9.23 Å². The summed E-state index contributed by atoms with van der Waals surface area (Å²) in [5.74, 6) is 0. The minimum absolute atomic E-state index is 0.342. The van der Waals surface area contributed by atoms with Crippen molar-refractivity contribution in [1.82, 2.24) is 0 Å². The first-order valence-corrected chi connectivity index (χ1v) is 5.93. The fourth-order valence-electron chi connectivity index (χ4n) is 1.91. The smallest absolute Gasteiger partial charge is 0.0762 e. The molecule has 0 unspecified atom stereocenters. The van der Waals surface area contributed by atoms with Crippen molar-refractivity contribution in [2.45, 2.75) is 17.4 Å². The molecular formula is C11H15NO3S. The number of methoxy groups -OCH3 is 1. The topological polar surface area (TPSA) is 41.9 Å². The molecule has 1 heterocycles. The summed E-state index contributed by atoms with van der Waals surface area (Å²) in [6.07, 6.45) is 1.42. The summed E-state index contributed by atoms with van der Waals surface area (Å²) in [6.45, 7) is 1.97. The Bertz CT molecular complexity index is 331. The molecule has 4 nitrogen and oxygen atoms in total. The molecule has 88 valence electrons. The Balaban J connectivity index is 1.99. The van der Waals surface area contributed by atoms with Crippen molar-refractivity contribution < 1.29 is 14.3 Å². The third kappa shape index (κ3) is 2.68. The maximum atomic E-state index is 8.30. The minimum Gasteiger partial charge on any atom is -0.380 e. The van der Waals surface area contributed by atoms with Crippen molar-refractivity contribution in [3.8, 4) is 0 Å². The molecule has 1 aliphatic rings. The van der Waals surface area contributed by atoms with E-state index in [-0.39, 0.29) is 0 Å². The van der Waals surface area contributed by atoms with Gasteiger partial charge in [-0.1, -0.05) is 0 Å². The van der Waals surface area contributed by atoms with Crippen LogP contribution in [0.5, 0.6) is 0 Å². The van der Waals surface area contributed by atoms with Crippen LogP contribution in [0.3, 0.4) is 0 Å². The number of benzene rings is 1. The summed E-state index contributed by atoms with van der Waals surface area (Å²) in [6, 6.07) is 7.91. The fourth-order valence-corrected chi connectivity index (χ4v) is 2.24. The van der Waals surface area contributed by atoms with Gasteiger partial charge in [0.25, 0.3) is 0 Å². The lowest BCUT2D eigenvalue weighted by atomic mass is 10.3. The van der Waals surface area contributed by atoms with Gasteiger partial charge in [-0.05, 0) is 30.7 Å². The van der Waals surface area contributed by atoms with Gasteiger partial charge in [-0.15, -0.1) is 0 Å². The molecule has 1 aliphatic heterocycles. The highest BCUT2D eigenvalue weighted by molar-refractivity contribution is 7.94. The third-order valence-electron chi connectivity index (χ3n) is 2.81. The molecule has 16 heavy (non-hydrogen) atoms. The van der Waals surface area contributed by atoms with Gasteiger partial charge in [0.2, 0.25) is 0 Å². The second-order valence-corrected chi connectivity index (χ2v) is 4.53. The summed E-state index contributed by atoms with van der Waals surface area (Å²) >= 11 is 0.944. The Morgan fingerprint density at radius 3 is 2.69 bits per heavy atom. The third-order valence-corrected chi connectivity index (χ3v) is 3.35. The first kappa shape index (κ1) is 11.7. The van der Waals surface area contributed by atoms with Gasteiger partial charge in [0, 0.05) is 30.8 Å². The van der Waals surface area contributed by atoms with E-state index in [9.17, 15) is 0 Å². The van der Waals surface area contributed by atoms with E-state index in [1.165, 1.54) is 5.69 Å². The standard InChI is InChI=1S/C11H15NO3S/c1-14-10-6-7-12(8-10)9-2-4-11(5-3-9)16-15-13/h2-5,10,13H,6-8H2,1H3/t10-/m0/s1. The monoisotopic (exact) mass is 241 g/mol. The zero-order valence-corrected chi connectivity index (χ0v) is 9.94. The van der Waals surface area contributed by atoms with E-state index in [0.29, 0.717) is 6.10 Å². The van der Waals surface area contributed by atoms with Crippen molar-refractivity contribution >= 4 is 17.7 Å². The van der Waals surface area contributed by atoms with Gasteiger partial charge in [-0.25, -0.2) is 5.26 Å². The lowest BCUT2D eigenvalue weighted by Gasteiger charge is -2.18. The number of hydrogen-bond donors (Lipinski definition) is 1. The van der Waals surface area contributed by atoms with Gasteiger partial charge in [-0.2, -0.15) is 4.33 Å². The number of ether oxygens (including phenoxy) is 1. The van der Waals surface area contributed by atoms with Gasteiger partial charge in [-0.3, -0.25) is 0 Å². The van der Waals surface area contributed by atoms with Crippen molar-refractivity contribution in [3.05, 3.63) is 24.3 Å². The number of rotatable bonds is 4. The highest BCUT2D eigenvalue weighted by atomic mass is 32.2. The van der Waals surface area contributed by atoms with E-state index < -0.39 is 0 Å². The maximum Gasteiger partial charge on any atom is 0.0762 e.